The zero-order valence-electron chi connectivity index (χ0n) is 18.1. The Hall–Kier alpha value is -1.74. The smallest absolute Gasteiger partial charge is 0.165 e. The van der Waals surface area contributed by atoms with Gasteiger partial charge in [0.1, 0.15) is 36.1 Å². The van der Waals surface area contributed by atoms with Gasteiger partial charge in [-0.2, -0.15) is 0 Å². The molecule has 1 aliphatic heterocycles. The highest BCUT2D eigenvalue weighted by Gasteiger charge is 2.47. The van der Waals surface area contributed by atoms with Crippen LogP contribution in [0.3, 0.4) is 0 Å². The SMILES string of the molecule is COC[C@H]1O[C@@H](n2c(C)c(C)c3c(NC(C)(C)C)ncnc32)[C@@H](OC)C1OC. The molecule has 0 aromatic carbocycles. The predicted molar refractivity (Wildman–Crippen MR) is 108 cm³/mol. The van der Waals surface area contributed by atoms with Crippen LogP contribution in [0.15, 0.2) is 6.33 Å². The predicted octanol–water partition coefficient (Wildman–Crippen LogP) is 2.83. The van der Waals surface area contributed by atoms with Crippen LogP contribution in [0, 0.1) is 13.8 Å². The fraction of sp³-hybridized carbons (Fsp3) is 0.700. The van der Waals surface area contributed by atoms with Crippen molar-refractivity contribution in [1.29, 1.82) is 0 Å². The summed E-state index contributed by atoms with van der Waals surface area (Å²) >= 11 is 0. The van der Waals surface area contributed by atoms with Crippen LogP contribution in [-0.2, 0) is 18.9 Å². The summed E-state index contributed by atoms with van der Waals surface area (Å²) in [5, 5.41) is 4.49. The minimum absolute atomic E-state index is 0.118. The Morgan fingerprint density at radius 2 is 1.79 bits per heavy atom. The third-order valence-corrected chi connectivity index (χ3v) is 5.24. The van der Waals surface area contributed by atoms with Crippen LogP contribution in [-0.4, -0.2) is 66.3 Å². The van der Waals surface area contributed by atoms with E-state index in [4.69, 9.17) is 18.9 Å². The Balaban J connectivity index is 2.13. The molecule has 2 aromatic rings. The molecule has 8 nitrogen and oxygen atoms in total. The van der Waals surface area contributed by atoms with E-state index in [0.29, 0.717) is 6.61 Å². The second-order valence-electron chi connectivity index (χ2n) is 8.30. The Bertz CT molecular complexity index is 830. The number of hydrogen-bond donors (Lipinski definition) is 1. The molecule has 3 heterocycles. The lowest BCUT2D eigenvalue weighted by Crippen LogP contribution is -2.37. The fourth-order valence-electron chi connectivity index (χ4n) is 3.94. The molecule has 1 fully saturated rings. The van der Waals surface area contributed by atoms with E-state index in [9.17, 15) is 0 Å². The van der Waals surface area contributed by atoms with Gasteiger partial charge in [-0.05, 0) is 40.2 Å². The van der Waals surface area contributed by atoms with Crippen LogP contribution < -0.4 is 5.32 Å². The third kappa shape index (κ3) is 3.61. The van der Waals surface area contributed by atoms with Crippen LogP contribution >= 0.6 is 0 Å². The number of fused-ring (bicyclic) bond motifs is 1. The molecule has 1 unspecified atom stereocenters. The lowest BCUT2D eigenvalue weighted by Gasteiger charge is -2.24. The van der Waals surface area contributed by atoms with Gasteiger partial charge in [-0.3, -0.25) is 0 Å². The van der Waals surface area contributed by atoms with E-state index in [1.807, 2.05) is 0 Å². The van der Waals surface area contributed by atoms with Crippen LogP contribution in [0.25, 0.3) is 11.0 Å². The van der Waals surface area contributed by atoms with Crippen LogP contribution in [0.4, 0.5) is 5.82 Å². The van der Waals surface area contributed by atoms with E-state index < -0.39 is 0 Å². The Kier molecular flexibility index (Phi) is 5.95. The zero-order chi connectivity index (χ0) is 20.6. The van der Waals surface area contributed by atoms with Gasteiger partial charge in [-0.1, -0.05) is 0 Å². The Labute approximate surface area is 166 Å². The van der Waals surface area contributed by atoms with Crippen molar-refractivity contribution in [2.75, 3.05) is 33.3 Å². The average molecular weight is 393 g/mol. The van der Waals surface area contributed by atoms with Crippen molar-refractivity contribution < 1.29 is 18.9 Å². The van der Waals surface area contributed by atoms with Gasteiger partial charge < -0.3 is 28.8 Å². The molecular formula is C20H32N4O4. The fourth-order valence-corrected chi connectivity index (χ4v) is 3.94. The van der Waals surface area contributed by atoms with E-state index >= 15 is 0 Å². The Morgan fingerprint density at radius 1 is 1.11 bits per heavy atom. The molecule has 1 aliphatic rings. The number of nitrogens with zero attached hydrogens (tertiary/aromatic N) is 3. The quantitative estimate of drug-likeness (QED) is 0.810. The van der Waals surface area contributed by atoms with Crippen molar-refractivity contribution in [2.45, 2.75) is 64.7 Å². The van der Waals surface area contributed by atoms with Crippen molar-refractivity contribution in [3.8, 4) is 0 Å². The number of hydrogen-bond acceptors (Lipinski definition) is 7. The highest BCUT2D eigenvalue weighted by atomic mass is 16.6. The molecule has 1 saturated heterocycles. The number of aryl methyl sites for hydroxylation is 1. The molecule has 0 spiro atoms. The molecule has 0 bridgehead atoms. The van der Waals surface area contributed by atoms with Gasteiger partial charge in [0.2, 0.25) is 0 Å². The number of methoxy groups -OCH3 is 3. The minimum atomic E-state index is -0.372. The lowest BCUT2D eigenvalue weighted by molar-refractivity contribution is -0.0641. The van der Waals surface area contributed by atoms with E-state index in [1.54, 1.807) is 27.7 Å². The highest BCUT2D eigenvalue weighted by Crippen LogP contribution is 2.39. The normalized spacial score (nSPS) is 25.6. The first-order valence-corrected chi connectivity index (χ1v) is 9.53. The summed E-state index contributed by atoms with van der Waals surface area (Å²) < 4.78 is 25.3. The monoisotopic (exact) mass is 392 g/mol. The molecule has 4 atom stereocenters. The summed E-state index contributed by atoms with van der Waals surface area (Å²) in [6.07, 6.45) is 0.469. The van der Waals surface area contributed by atoms with Crippen LogP contribution in [0.5, 0.6) is 0 Å². The summed E-state index contributed by atoms with van der Waals surface area (Å²) in [4.78, 5) is 9.09. The van der Waals surface area contributed by atoms with Gasteiger partial charge in [0.15, 0.2) is 6.23 Å². The van der Waals surface area contributed by atoms with Crippen molar-refractivity contribution in [3.63, 3.8) is 0 Å². The van der Waals surface area contributed by atoms with Gasteiger partial charge >= 0.3 is 0 Å². The first kappa shape index (κ1) is 21.0. The molecule has 0 saturated carbocycles. The number of anilines is 1. The summed E-state index contributed by atoms with van der Waals surface area (Å²) in [5.74, 6) is 0.820. The van der Waals surface area contributed by atoms with Gasteiger partial charge in [-0.15, -0.1) is 0 Å². The van der Waals surface area contributed by atoms with Gasteiger partial charge in [0.05, 0.1) is 12.0 Å². The number of rotatable bonds is 6. The zero-order valence-corrected chi connectivity index (χ0v) is 18.1. The number of aromatic nitrogens is 3. The summed E-state index contributed by atoms with van der Waals surface area (Å²) in [6, 6.07) is 0. The lowest BCUT2D eigenvalue weighted by atomic mass is 10.1. The molecule has 3 rings (SSSR count). The van der Waals surface area contributed by atoms with Crippen LogP contribution in [0.1, 0.15) is 38.3 Å². The summed E-state index contributed by atoms with van der Waals surface area (Å²) in [5.41, 5.74) is 2.88. The highest BCUT2D eigenvalue weighted by molar-refractivity contribution is 5.92. The maximum Gasteiger partial charge on any atom is 0.165 e. The van der Waals surface area contributed by atoms with Gasteiger partial charge in [-0.25, -0.2) is 9.97 Å². The maximum atomic E-state index is 6.35. The Morgan fingerprint density at radius 3 is 2.36 bits per heavy atom. The van der Waals surface area contributed by atoms with Crippen molar-refractivity contribution >= 4 is 16.9 Å². The van der Waals surface area contributed by atoms with E-state index in [-0.39, 0.29) is 30.1 Å². The standard InChI is InChI=1S/C20H32N4O4/c1-11-12(2)24(18-14(11)17(21-10-22-18)23-20(3,4)5)19-16(27-8)15(26-7)13(28-19)9-25-6/h10,13,15-16,19H,9H2,1-8H3,(H,21,22,23)/t13-,15?,16+,19-/m1/s1. The first-order chi connectivity index (χ1) is 13.2. The second kappa shape index (κ2) is 7.94. The van der Waals surface area contributed by atoms with Crippen molar-refractivity contribution in [1.82, 2.24) is 14.5 Å². The topological polar surface area (TPSA) is 79.7 Å². The second-order valence-corrected chi connectivity index (χ2v) is 8.30. The molecule has 2 aromatic heterocycles. The molecule has 28 heavy (non-hydrogen) atoms. The van der Waals surface area contributed by atoms with Crippen molar-refractivity contribution in [3.05, 3.63) is 17.6 Å². The molecule has 0 radical (unpaired) electrons. The molecule has 8 heteroatoms. The summed E-state index contributed by atoms with van der Waals surface area (Å²) in [7, 11) is 5.01. The first-order valence-electron chi connectivity index (χ1n) is 9.53. The van der Waals surface area contributed by atoms with Gasteiger partial charge in [0.25, 0.3) is 0 Å². The van der Waals surface area contributed by atoms with E-state index in [0.717, 1.165) is 28.1 Å². The maximum absolute atomic E-state index is 6.35. The largest absolute Gasteiger partial charge is 0.382 e. The minimum Gasteiger partial charge on any atom is -0.382 e. The summed E-state index contributed by atoms with van der Waals surface area (Å²) in [6.45, 7) is 10.9. The molecule has 156 valence electrons. The number of ether oxygens (including phenoxy) is 4. The molecule has 1 N–H and O–H groups in total. The molecule has 0 amide bonds. The van der Waals surface area contributed by atoms with E-state index in [1.165, 1.54) is 0 Å². The third-order valence-electron chi connectivity index (χ3n) is 5.24. The van der Waals surface area contributed by atoms with Crippen molar-refractivity contribution in [2.24, 2.45) is 0 Å². The molecule has 0 aliphatic carbocycles. The average Bonchev–Trinajstić information content (AvgIpc) is 3.09. The number of nitrogens with one attached hydrogen (secondary N) is 1. The van der Waals surface area contributed by atoms with Gasteiger partial charge in [0, 0.05) is 32.6 Å². The van der Waals surface area contributed by atoms with Crippen LogP contribution in [0.2, 0.25) is 0 Å². The molecular weight excluding hydrogens is 360 g/mol. The van der Waals surface area contributed by atoms with E-state index in [2.05, 4.69) is 54.5 Å².